The molecule has 4 rings (SSSR count). The molecule has 0 atom stereocenters. The minimum absolute atomic E-state index is 0.113. The molecule has 0 aromatic heterocycles. The van der Waals surface area contributed by atoms with Gasteiger partial charge in [0.2, 0.25) is 11.8 Å². The Bertz CT molecular complexity index is 889. The van der Waals surface area contributed by atoms with Gasteiger partial charge in [-0.05, 0) is 63.4 Å². The van der Waals surface area contributed by atoms with Crippen molar-refractivity contribution in [3.8, 4) is 0 Å². The molecule has 3 heterocycles. The molecule has 2 amide bonds. The SMILES string of the molecule is CC(=O)N1CCC2(CC1)C(=O)N(CC1CCN(C)CC1)c1ccccc12.O=C(O)C(F)(F)F. The second-order valence-electron chi connectivity index (χ2n) is 9.07. The lowest BCUT2D eigenvalue weighted by molar-refractivity contribution is -0.192. The van der Waals surface area contributed by atoms with Gasteiger partial charge in [-0.3, -0.25) is 9.59 Å². The number of hydrogen-bond donors (Lipinski definition) is 1. The van der Waals surface area contributed by atoms with Gasteiger partial charge in [0.05, 0.1) is 5.41 Å². The number of fused-ring (bicyclic) bond motifs is 2. The smallest absolute Gasteiger partial charge is 0.475 e. The Kier molecular flexibility index (Phi) is 7.36. The Hall–Kier alpha value is -2.62. The summed E-state index contributed by atoms with van der Waals surface area (Å²) in [7, 11) is 2.17. The summed E-state index contributed by atoms with van der Waals surface area (Å²) in [6.45, 7) is 6.05. The highest BCUT2D eigenvalue weighted by atomic mass is 19.4. The fraction of sp³-hybridized carbons (Fsp3) is 0.609. The molecule has 7 nitrogen and oxygen atoms in total. The highest BCUT2D eigenvalue weighted by molar-refractivity contribution is 6.08. The van der Waals surface area contributed by atoms with Gasteiger partial charge >= 0.3 is 12.1 Å². The molecule has 0 bridgehead atoms. The normalized spacial score (nSPS) is 20.9. The van der Waals surface area contributed by atoms with Crippen molar-refractivity contribution in [2.75, 3.05) is 44.7 Å². The van der Waals surface area contributed by atoms with Crippen LogP contribution in [0.5, 0.6) is 0 Å². The Morgan fingerprint density at radius 1 is 1.09 bits per heavy atom. The molecule has 3 aliphatic heterocycles. The van der Waals surface area contributed by atoms with Crippen molar-refractivity contribution in [1.29, 1.82) is 0 Å². The van der Waals surface area contributed by atoms with Crippen LogP contribution < -0.4 is 4.90 Å². The molecule has 0 saturated carbocycles. The summed E-state index contributed by atoms with van der Waals surface area (Å²) >= 11 is 0. The molecule has 1 spiro atoms. The predicted octanol–water partition coefficient (Wildman–Crippen LogP) is 2.89. The summed E-state index contributed by atoms with van der Waals surface area (Å²) in [4.78, 5) is 40.5. The molecule has 182 valence electrons. The third kappa shape index (κ3) is 5.31. The third-order valence-electron chi connectivity index (χ3n) is 6.95. The molecule has 0 unspecified atom stereocenters. The van der Waals surface area contributed by atoms with Crippen LogP contribution in [-0.4, -0.2) is 78.6 Å². The summed E-state index contributed by atoms with van der Waals surface area (Å²) in [6, 6.07) is 8.32. The number of benzene rings is 1. The Balaban J connectivity index is 0.000000383. The number of alkyl halides is 3. The van der Waals surface area contributed by atoms with E-state index < -0.39 is 17.6 Å². The highest BCUT2D eigenvalue weighted by Gasteiger charge is 2.52. The third-order valence-corrected chi connectivity index (χ3v) is 6.95. The van der Waals surface area contributed by atoms with Crippen LogP contribution in [0.2, 0.25) is 0 Å². The van der Waals surface area contributed by atoms with E-state index in [4.69, 9.17) is 9.90 Å². The van der Waals surface area contributed by atoms with Gasteiger partial charge in [-0.2, -0.15) is 13.2 Å². The van der Waals surface area contributed by atoms with Crippen LogP contribution in [0.25, 0.3) is 0 Å². The van der Waals surface area contributed by atoms with E-state index in [1.807, 2.05) is 17.0 Å². The number of nitrogens with zero attached hydrogens (tertiary/aromatic N) is 3. The van der Waals surface area contributed by atoms with Gasteiger partial charge in [-0.15, -0.1) is 0 Å². The van der Waals surface area contributed by atoms with Gasteiger partial charge in [-0.25, -0.2) is 4.79 Å². The van der Waals surface area contributed by atoms with E-state index in [1.54, 1.807) is 6.92 Å². The molecule has 1 aromatic rings. The lowest BCUT2D eigenvalue weighted by atomic mass is 9.73. The van der Waals surface area contributed by atoms with Gasteiger partial charge in [0.15, 0.2) is 0 Å². The summed E-state index contributed by atoms with van der Waals surface area (Å²) < 4.78 is 31.7. The first kappa shape index (κ1) is 25.0. The van der Waals surface area contributed by atoms with Crippen LogP contribution in [0.4, 0.5) is 18.9 Å². The van der Waals surface area contributed by atoms with Crippen LogP contribution in [0.1, 0.15) is 38.2 Å². The topological polar surface area (TPSA) is 81.2 Å². The number of likely N-dealkylation sites (tertiary alicyclic amines) is 2. The quantitative estimate of drug-likeness (QED) is 0.721. The lowest BCUT2D eigenvalue weighted by Crippen LogP contribution is -2.50. The standard InChI is InChI=1S/C21H29N3O2.C2HF3O2/c1-16(25)23-13-9-21(10-14-23)18-5-3-4-6-19(18)24(20(21)26)15-17-7-11-22(2)12-8-17;3-2(4,5)1(6)7/h3-6,17H,7-15H2,1-2H3;(H,6,7). The van der Waals surface area contributed by atoms with Gasteiger partial charge < -0.3 is 19.8 Å². The summed E-state index contributed by atoms with van der Waals surface area (Å²) in [5.41, 5.74) is 1.86. The number of aliphatic carboxylic acids is 1. The maximum atomic E-state index is 13.6. The molecule has 1 N–H and O–H groups in total. The molecule has 33 heavy (non-hydrogen) atoms. The maximum Gasteiger partial charge on any atom is 0.490 e. The van der Waals surface area contributed by atoms with Gasteiger partial charge in [-0.1, -0.05) is 18.2 Å². The molecule has 3 aliphatic rings. The van der Waals surface area contributed by atoms with E-state index >= 15 is 0 Å². The van der Waals surface area contributed by atoms with Crippen LogP contribution in [0, 0.1) is 5.92 Å². The number of carboxylic acids is 1. The van der Waals surface area contributed by atoms with Crippen molar-refractivity contribution in [3.05, 3.63) is 29.8 Å². The van der Waals surface area contributed by atoms with Crippen molar-refractivity contribution >= 4 is 23.5 Å². The van der Waals surface area contributed by atoms with Crippen molar-refractivity contribution < 1.29 is 32.7 Å². The highest BCUT2D eigenvalue weighted by Crippen LogP contribution is 2.48. The average Bonchev–Trinajstić information content (AvgIpc) is 2.98. The second kappa shape index (κ2) is 9.70. The number of amides is 2. The van der Waals surface area contributed by atoms with Gasteiger partial charge in [0, 0.05) is 32.2 Å². The fourth-order valence-corrected chi connectivity index (χ4v) is 4.97. The van der Waals surface area contributed by atoms with Crippen LogP contribution in [0.15, 0.2) is 24.3 Å². The summed E-state index contributed by atoms with van der Waals surface area (Å²) in [6.07, 6.45) is -1.28. The number of carbonyl (C=O) groups is 3. The van der Waals surface area contributed by atoms with E-state index in [-0.39, 0.29) is 11.8 Å². The number of halogens is 3. The largest absolute Gasteiger partial charge is 0.490 e. The number of rotatable bonds is 2. The monoisotopic (exact) mass is 469 g/mol. The van der Waals surface area contributed by atoms with E-state index in [0.717, 1.165) is 51.0 Å². The number of hydrogen-bond acceptors (Lipinski definition) is 4. The van der Waals surface area contributed by atoms with Crippen LogP contribution in [0.3, 0.4) is 0 Å². The summed E-state index contributed by atoms with van der Waals surface area (Å²) in [5, 5.41) is 7.12. The number of para-hydroxylation sites is 1. The van der Waals surface area contributed by atoms with E-state index in [2.05, 4.69) is 29.0 Å². The number of anilines is 1. The van der Waals surface area contributed by atoms with Crippen molar-refractivity contribution in [3.63, 3.8) is 0 Å². The molecule has 2 saturated heterocycles. The van der Waals surface area contributed by atoms with Gasteiger partial charge in [0.25, 0.3) is 0 Å². The number of carbonyl (C=O) groups excluding carboxylic acids is 2. The minimum atomic E-state index is -5.08. The molecule has 0 aliphatic carbocycles. The Labute approximate surface area is 191 Å². The zero-order valence-electron chi connectivity index (χ0n) is 18.9. The molecular weight excluding hydrogens is 439 g/mol. The predicted molar refractivity (Wildman–Crippen MR) is 116 cm³/mol. The number of piperidine rings is 2. The van der Waals surface area contributed by atoms with E-state index in [0.29, 0.717) is 19.0 Å². The van der Waals surface area contributed by atoms with Crippen molar-refractivity contribution in [2.45, 2.75) is 44.2 Å². The fourth-order valence-electron chi connectivity index (χ4n) is 4.97. The molecular formula is C23H30F3N3O4. The van der Waals surface area contributed by atoms with Crippen LogP contribution in [-0.2, 0) is 19.8 Å². The van der Waals surface area contributed by atoms with Gasteiger partial charge in [0.1, 0.15) is 0 Å². The minimum Gasteiger partial charge on any atom is -0.475 e. The first-order valence-electron chi connectivity index (χ1n) is 11.1. The Morgan fingerprint density at radius 3 is 2.15 bits per heavy atom. The molecule has 2 fully saturated rings. The van der Waals surface area contributed by atoms with E-state index in [1.165, 1.54) is 5.56 Å². The first-order chi connectivity index (χ1) is 15.5. The average molecular weight is 470 g/mol. The van der Waals surface area contributed by atoms with Crippen LogP contribution >= 0.6 is 0 Å². The molecule has 1 aromatic carbocycles. The number of carboxylic acid groups (broad SMARTS) is 1. The second-order valence-corrected chi connectivity index (χ2v) is 9.07. The summed E-state index contributed by atoms with van der Waals surface area (Å²) in [5.74, 6) is -1.80. The zero-order chi connectivity index (χ0) is 24.4. The zero-order valence-corrected chi connectivity index (χ0v) is 18.9. The maximum absolute atomic E-state index is 13.6. The van der Waals surface area contributed by atoms with Crippen molar-refractivity contribution in [1.82, 2.24) is 9.80 Å². The molecule has 0 radical (unpaired) electrons. The van der Waals surface area contributed by atoms with Crippen molar-refractivity contribution in [2.24, 2.45) is 5.92 Å². The lowest BCUT2D eigenvalue weighted by Gasteiger charge is -2.38. The molecule has 10 heteroatoms. The first-order valence-corrected chi connectivity index (χ1v) is 11.1. The Morgan fingerprint density at radius 2 is 1.64 bits per heavy atom. The van der Waals surface area contributed by atoms with E-state index in [9.17, 15) is 22.8 Å².